The maximum Gasteiger partial charge on any atom is 0.242 e. The molecule has 1 atom stereocenters. The van der Waals surface area contributed by atoms with Gasteiger partial charge in [0.1, 0.15) is 0 Å². The molecule has 3 nitrogen and oxygen atoms in total. The van der Waals surface area contributed by atoms with E-state index in [4.69, 9.17) is 0 Å². The number of hydrogen-bond donors (Lipinski definition) is 0. The fourth-order valence-corrected chi connectivity index (χ4v) is 3.44. The van der Waals surface area contributed by atoms with Crippen LogP contribution in [0.15, 0.2) is 0 Å². The molecule has 2 rings (SSSR count). The van der Waals surface area contributed by atoms with Crippen LogP contribution in [0.25, 0.3) is 0 Å². The second-order valence-corrected chi connectivity index (χ2v) is 6.44. The molecule has 1 heterocycles. The average Bonchev–Trinajstić information content (AvgIpc) is 2.59. The van der Waals surface area contributed by atoms with E-state index in [1.807, 2.05) is 6.26 Å². The summed E-state index contributed by atoms with van der Waals surface area (Å²) >= 11 is 1.50. The van der Waals surface area contributed by atoms with Crippen molar-refractivity contribution in [3.8, 4) is 0 Å². The number of amides is 2. The van der Waals surface area contributed by atoms with E-state index in [2.05, 4.69) is 6.92 Å². The number of rotatable bonds is 3. The van der Waals surface area contributed by atoms with Gasteiger partial charge in [0, 0.05) is 13.0 Å². The van der Waals surface area contributed by atoms with Crippen LogP contribution in [0.5, 0.6) is 0 Å². The van der Waals surface area contributed by atoms with Crippen LogP contribution in [0.4, 0.5) is 0 Å². The molecule has 2 aliphatic rings. The Balaban J connectivity index is 1.90. The summed E-state index contributed by atoms with van der Waals surface area (Å²) in [6.07, 6.45) is 7.13. The van der Waals surface area contributed by atoms with Gasteiger partial charge in [-0.15, -0.1) is 0 Å². The molecule has 1 aliphatic carbocycles. The number of carbonyl (C=O) groups excluding carboxylic acids is 2. The van der Waals surface area contributed by atoms with Gasteiger partial charge in [-0.3, -0.25) is 14.5 Å². The normalized spacial score (nSPS) is 34.5. The molecule has 0 spiro atoms. The van der Waals surface area contributed by atoms with Crippen LogP contribution < -0.4 is 0 Å². The topological polar surface area (TPSA) is 37.4 Å². The van der Waals surface area contributed by atoms with Gasteiger partial charge in [-0.1, -0.05) is 19.8 Å². The minimum Gasteiger partial charge on any atom is -0.281 e. The molecule has 0 bridgehead atoms. The van der Waals surface area contributed by atoms with Gasteiger partial charge in [0.25, 0.3) is 0 Å². The number of hydrogen-bond acceptors (Lipinski definition) is 3. The Morgan fingerprint density at radius 3 is 2.41 bits per heavy atom. The van der Waals surface area contributed by atoms with Crippen LogP contribution in [-0.2, 0) is 9.59 Å². The molecule has 17 heavy (non-hydrogen) atoms. The Morgan fingerprint density at radius 2 is 1.88 bits per heavy atom. The standard InChI is InChI=1S/C13H21NO2S/c1-9-3-5-10(6-4-9)8-14-12(15)7-11(17-2)13(14)16/h9-11H,3-8H2,1-2H3. The summed E-state index contributed by atoms with van der Waals surface area (Å²) in [6, 6.07) is 0. The lowest BCUT2D eigenvalue weighted by molar-refractivity contribution is -0.139. The molecule has 0 aromatic heterocycles. The van der Waals surface area contributed by atoms with Crippen molar-refractivity contribution in [1.29, 1.82) is 0 Å². The van der Waals surface area contributed by atoms with Crippen molar-refractivity contribution in [2.45, 2.75) is 44.3 Å². The first-order valence-electron chi connectivity index (χ1n) is 6.48. The Kier molecular flexibility index (Phi) is 4.13. The lowest BCUT2D eigenvalue weighted by Gasteiger charge is -2.29. The quantitative estimate of drug-likeness (QED) is 0.726. The molecule has 1 unspecified atom stereocenters. The zero-order valence-corrected chi connectivity index (χ0v) is 11.5. The monoisotopic (exact) mass is 255 g/mol. The van der Waals surface area contributed by atoms with E-state index in [0.29, 0.717) is 18.9 Å². The summed E-state index contributed by atoms with van der Waals surface area (Å²) in [5.74, 6) is 1.43. The first-order chi connectivity index (χ1) is 8.11. The smallest absolute Gasteiger partial charge is 0.242 e. The second-order valence-electron chi connectivity index (χ2n) is 5.40. The van der Waals surface area contributed by atoms with Crippen LogP contribution in [0.3, 0.4) is 0 Å². The van der Waals surface area contributed by atoms with Crippen molar-refractivity contribution < 1.29 is 9.59 Å². The summed E-state index contributed by atoms with van der Waals surface area (Å²) < 4.78 is 0. The van der Waals surface area contributed by atoms with E-state index < -0.39 is 0 Å². The summed E-state index contributed by atoms with van der Waals surface area (Å²) in [4.78, 5) is 25.3. The van der Waals surface area contributed by atoms with Gasteiger partial charge in [0.2, 0.25) is 11.8 Å². The molecule has 0 aromatic carbocycles. The Hall–Kier alpha value is -0.510. The number of carbonyl (C=O) groups is 2. The van der Waals surface area contributed by atoms with Gasteiger partial charge in [-0.25, -0.2) is 0 Å². The first kappa shape index (κ1) is 12.9. The maximum absolute atomic E-state index is 12.0. The molecule has 2 amide bonds. The highest BCUT2D eigenvalue weighted by atomic mass is 32.2. The highest BCUT2D eigenvalue weighted by Gasteiger charge is 2.39. The van der Waals surface area contributed by atoms with E-state index >= 15 is 0 Å². The van der Waals surface area contributed by atoms with Crippen LogP contribution in [0.2, 0.25) is 0 Å². The van der Waals surface area contributed by atoms with Crippen LogP contribution in [-0.4, -0.2) is 34.8 Å². The van der Waals surface area contributed by atoms with E-state index in [9.17, 15) is 9.59 Å². The summed E-state index contributed by atoms with van der Waals surface area (Å²) in [6.45, 7) is 2.95. The summed E-state index contributed by atoms with van der Waals surface area (Å²) in [5, 5.41) is -0.120. The highest BCUT2D eigenvalue weighted by molar-refractivity contribution is 8.00. The fourth-order valence-electron chi connectivity index (χ4n) is 2.80. The lowest BCUT2D eigenvalue weighted by atomic mass is 9.83. The zero-order chi connectivity index (χ0) is 12.4. The van der Waals surface area contributed by atoms with Crippen molar-refractivity contribution >= 4 is 23.6 Å². The van der Waals surface area contributed by atoms with Gasteiger partial charge in [0.15, 0.2) is 0 Å². The Morgan fingerprint density at radius 1 is 1.24 bits per heavy atom. The van der Waals surface area contributed by atoms with Crippen molar-refractivity contribution in [2.75, 3.05) is 12.8 Å². The molecule has 2 fully saturated rings. The van der Waals surface area contributed by atoms with E-state index in [1.54, 1.807) is 0 Å². The number of likely N-dealkylation sites (tertiary alicyclic amines) is 1. The third-order valence-electron chi connectivity index (χ3n) is 4.06. The van der Waals surface area contributed by atoms with Gasteiger partial charge in [-0.2, -0.15) is 11.8 Å². The molecule has 1 saturated carbocycles. The molecule has 0 N–H and O–H groups in total. The van der Waals surface area contributed by atoms with Gasteiger partial charge in [0.05, 0.1) is 5.25 Å². The second kappa shape index (κ2) is 5.42. The maximum atomic E-state index is 12.0. The molecule has 0 aromatic rings. The molecule has 96 valence electrons. The van der Waals surface area contributed by atoms with E-state index in [1.165, 1.54) is 42.3 Å². The van der Waals surface area contributed by atoms with Crippen LogP contribution in [0.1, 0.15) is 39.0 Å². The average molecular weight is 255 g/mol. The molecular weight excluding hydrogens is 234 g/mol. The van der Waals surface area contributed by atoms with Gasteiger partial charge in [-0.05, 0) is 30.9 Å². The van der Waals surface area contributed by atoms with Crippen molar-refractivity contribution in [3.05, 3.63) is 0 Å². The molecule has 0 radical (unpaired) electrons. The Bertz CT molecular complexity index is 311. The third-order valence-corrected chi connectivity index (χ3v) is 5.00. The number of nitrogens with zero attached hydrogens (tertiary/aromatic N) is 1. The number of thioether (sulfide) groups is 1. The molecule has 1 saturated heterocycles. The zero-order valence-electron chi connectivity index (χ0n) is 10.6. The third kappa shape index (κ3) is 2.84. The van der Waals surface area contributed by atoms with Crippen molar-refractivity contribution in [3.63, 3.8) is 0 Å². The molecular formula is C13H21NO2S. The van der Waals surface area contributed by atoms with Crippen molar-refractivity contribution in [2.24, 2.45) is 11.8 Å². The first-order valence-corrected chi connectivity index (χ1v) is 7.77. The predicted octanol–water partition coefficient (Wildman–Crippen LogP) is 2.30. The summed E-state index contributed by atoms with van der Waals surface area (Å²) in [5.41, 5.74) is 0. The Labute approximate surface area is 107 Å². The van der Waals surface area contributed by atoms with E-state index in [0.717, 1.165) is 5.92 Å². The van der Waals surface area contributed by atoms with Gasteiger partial charge < -0.3 is 0 Å². The lowest BCUT2D eigenvalue weighted by Crippen LogP contribution is -2.36. The minimum absolute atomic E-state index is 0.0352. The predicted molar refractivity (Wildman–Crippen MR) is 69.8 cm³/mol. The largest absolute Gasteiger partial charge is 0.281 e. The highest BCUT2D eigenvalue weighted by Crippen LogP contribution is 2.31. The van der Waals surface area contributed by atoms with Crippen LogP contribution >= 0.6 is 11.8 Å². The van der Waals surface area contributed by atoms with Gasteiger partial charge >= 0.3 is 0 Å². The SMILES string of the molecule is CSC1CC(=O)N(CC2CCC(C)CC2)C1=O. The van der Waals surface area contributed by atoms with Crippen LogP contribution in [0, 0.1) is 11.8 Å². The number of imide groups is 1. The fraction of sp³-hybridized carbons (Fsp3) is 0.846. The summed E-state index contributed by atoms with van der Waals surface area (Å²) in [7, 11) is 0. The minimum atomic E-state index is -0.120. The van der Waals surface area contributed by atoms with E-state index in [-0.39, 0.29) is 17.1 Å². The molecule has 1 aliphatic heterocycles. The van der Waals surface area contributed by atoms with Crippen molar-refractivity contribution in [1.82, 2.24) is 4.90 Å². The molecule has 4 heteroatoms.